The molecule has 2 aromatic carbocycles. The van der Waals surface area contributed by atoms with Crippen LogP contribution in [0.4, 0.5) is 0 Å². The number of nitrogens with zero attached hydrogens (tertiary/aromatic N) is 1. The third-order valence-electron chi connectivity index (χ3n) is 3.51. The molecule has 3 rings (SSSR count). The second-order valence-electron chi connectivity index (χ2n) is 4.90. The fourth-order valence-corrected chi connectivity index (χ4v) is 2.32. The Morgan fingerprint density at radius 2 is 1.65 bits per heavy atom. The molecule has 0 radical (unpaired) electrons. The maximum atomic E-state index is 12.0. The number of aromatic amines is 1. The molecular formula is C18H16N2O3. The smallest absolute Gasteiger partial charge is 0.358 e. The van der Waals surface area contributed by atoms with E-state index in [0.717, 1.165) is 16.9 Å². The lowest BCUT2D eigenvalue weighted by Gasteiger charge is -2.03. The lowest BCUT2D eigenvalue weighted by molar-refractivity contribution is 0.0595. The highest BCUT2D eigenvalue weighted by atomic mass is 16.5. The summed E-state index contributed by atoms with van der Waals surface area (Å²) in [5, 5.41) is 0. The van der Waals surface area contributed by atoms with Gasteiger partial charge in [0.15, 0.2) is 5.69 Å². The standard InChI is InChI=1S/C18H16N2O3/c1-22-14-10-8-12(9-11-14)15-16(18(21)23-2)20-17(19-15)13-6-4-3-5-7-13/h3-11H,1-2H3,(H,19,20). The maximum absolute atomic E-state index is 12.0. The number of nitrogens with one attached hydrogen (secondary N) is 1. The highest BCUT2D eigenvalue weighted by molar-refractivity contribution is 5.95. The van der Waals surface area contributed by atoms with Crippen LogP contribution in [0.15, 0.2) is 54.6 Å². The van der Waals surface area contributed by atoms with E-state index in [9.17, 15) is 4.79 Å². The summed E-state index contributed by atoms with van der Waals surface area (Å²) in [5.74, 6) is 0.891. The van der Waals surface area contributed by atoms with Gasteiger partial charge in [-0.25, -0.2) is 9.78 Å². The second-order valence-corrected chi connectivity index (χ2v) is 4.90. The van der Waals surface area contributed by atoms with E-state index in [4.69, 9.17) is 9.47 Å². The van der Waals surface area contributed by atoms with Gasteiger partial charge in [-0.3, -0.25) is 0 Å². The summed E-state index contributed by atoms with van der Waals surface area (Å²) in [6.07, 6.45) is 0. The van der Waals surface area contributed by atoms with Crippen molar-refractivity contribution in [2.75, 3.05) is 14.2 Å². The summed E-state index contributed by atoms with van der Waals surface area (Å²) in [4.78, 5) is 19.7. The van der Waals surface area contributed by atoms with Crippen LogP contribution in [0.5, 0.6) is 5.75 Å². The molecule has 3 aromatic rings. The van der Waals surface area contributed by atoms with Gasteiger partial charge in [-0.15, -0.1) is 0 Å². The van der Waals surface area contributed by atoms with E-state index in [2.05, 4.69) is 9.97 Å². The van der Waals surface area contributed by atoms with E-state index in [1.807, 2.05) is 54.6 Å². The number of rotatable bonds is 4. The monoisotopic (exact) mass is 308 g/mol. The molecule has 0 aliphatic rings. The number of imidazole rings is 1. The van der Waals surface area contributed by atoms with E-state index in [1.165, 1.54) is 7.11 Å². The number of carbonyl (C=O) groups excluding carboxylic acids is 1. The van der Waals surface area contributed by atoms with Crippen LogP contribution in [0.25, 0.3) is 22.6 Å². The Morgan fingerprint density at radius 1 is 0.957 bits per heavy atom. The van der Waals surface area contributed by atoms with Crippen LogP contribution < -0.4 is 4.74 Å². The van der Waals surface area contributed by atoms with E-state index in [1.54, 1.807) is 7.11 Å². The van der Waals surface area contributed by atoms with Crippen molar-refractivity contribution in [1.82, 2.24) is 9.97 Å². The van der Waals surface area contributed by atoms with Gasteiger partial charge < -0.3 is 14.5 Å². The zero-order valence-corrected chi connectivity index (χ0v) is 12.9. The minimum Gasteiger partial charge on any atom is -0.497 e. The number of ether oxygens (including phenoxy) is 2. The van der Waals surface area contributed by atoms with E-state index in [0.29, 0.717) is 11.5 Å². The lowest BCUT2D eigenvalue weighted by Crippen LogP contribution is -2.03. The molecule has 116 valence electrons. The van der Waals surface area contributed by atoms with Crippen LogP contribution in [0, 0.1) is 0 Å². The molecule has 0 bridgehead atoms. The SMILES string of the molecule is COC(=O)c1nc(-c2ccccc2)[nH]c1-c1ccc(OC)cc1. The Bertz CT molecular complexity index is 808. The van der Waals surface area contributed by atoms with Gasteiger partial charge in [0.05, 0.1) is 19.9 Å². The number of benzene rings is 2. The van der Waals surface area contributed by atoms with Gasteiger partial charge in [0.25, 0.3) is 0 Å². The maximum Gasteiger partial charge on any atom is 0.358 e. The molecule has 23 heavy (non-hydrogen) atoms. The van der Waals surface area contributed by atoms with E-state index >= 15 is 0 Å². The topological polar surface area (TPSA) is 64.2 Å². The number of H-pyrrole nitrogens is 1. The van der Waals surface area contributed by atoms with Gasteiger partial charge in [0.2, 0.25) is 0 Å². The van der Waals surface area contributed by atoms with Crippen LogP contribution in [-0.4, -0.2) is 30.2 Å². The van der Waals surface area contributed by atoms with E-state index < -0.39 is 5.97 Å². The number of hydrogen-bond acceptors (Lipinski definition) is 4. The highest BCUT2D eigenvalue weighted by Crippen LogP contribution is 2.28. The normalized spacial score (nSPS) is 10.3. The summed E-state index contributed by atoms with van der Waals surface area (Å²) in [6, 6.07) is 17.0. The molecular weight excluding hydrogens is 292 g/mol. The fourth-order valence-electron chi connectivity index (χ4n) is 2.32. The predicted octanol–water partition coefficient (Wildman–Crippen LogP) is 3.54. The second kappa shape index (κ2) is 6.36. The third-order valence-corrected chi connectivity index (χ3v) is 3.51. The summed E-state index contributed by atoms with van der Waals surface area (Å²) in [6.45, 7) is 0. The molecule has 0 amide bonds. The molecule has 0 spiro atoms. The Morgan fingerprint density at radius 3 is 2.26 bits per heavy atom. The van der Waals surface area contributed by atoms with Gasteiger partial charge in [0, 0.05) is 11.1 Å². The number of hydrogen-bond donors (Lipinski definition) is 1. The number of esters is 1. The summed E-state index contributed by atoms with van der Waals surface area (Å²) >= 11 is 0. The Kier molecular flexibility index (Phi) is 4.10. The molecule has 0 saturated heterocycles. The van der Waals surface area contributed by atoms with Gasteiger partial charge >= 0.3 is 5.97 Å². The first-order valence-electron chi connectivity index (χ1n) is 7.11. The van der Waals surface area contributed by atoms with Gasteiger partial charge in [-0.1, -0.05) is 30.3 Å². The first kappa shape index (κ1) is 14.8. The van der Waals surface area contributed by atoms with Crippen LogP contribution >= 0.6 is 0 Å². The minimum atomic E-state index is -0.478. The molecule has 1 N–H and O–H groups in total. The van der Waals surface area contributed by atoms with Crippen molar-refractivity contribution in [2.24, 2.45) is 0 Å². The molecule has 0 aliphatic heterocycles. The van der Waals surface area contributed by atoms with Crippen LogP contribution in [0.1, 0.15) is 10.5 Å². The van der Waals surface area contributed by atoms with Gasteiger partial charge in [-0.2, -0.15) is 0 Å². The Hall–Kier alpha value is -3.08. The average Bonchev–Trinajstić information content (AvgIpc) is 3.07. The molecule has 0 atom stereocenters. The number of carbonyl (C=O) groups is 1. The van der Waals surface area contributed by atoms with E-state index in [-0.39, 0.29) is 5.69 Å². The highest BCUT2D eigenvalue weighted by Gasteiger charge is 2.20. The largest absolute Gasteiger partial charge is 0.497 e. The van der Waals surface area contributed by atoms with Crippen molar-refractivity contribution in [2.45, 2.75) is 0 Å². The van der Waals surface area contributed by atoms with Crippen molar-refractivity contribution < 1.29 is 14.3 Å². The Balaban J connectivity index is 2.10. The zero-order valence-electron chi connectivity index (χ0n) is 12.9. The molecule has 1 aromatic heterocycles. The molecule has 5 heteroatoms. The summed E-state index contributed by atoms with van der Waals surface area (Å²) in [7, 11) is 2.95. The van der Waals surface area contributed by atoms with Crippen LogP contribution in [0.3, 0.4) is 0 Å². The minimum absolute atomic E-state index is 0.261. The zero-order chi connectivity index (χ0) is 16.2. The van der Waals surface area contributed by atoms with Crippen molar-refractivity contribution in [3.05, 3.63) is 60.3 Å². The molecule has 1 heterocycles. The molecule has 0 unspecified atom stereocenters. The Labute approximate surface area is 133 Å². The van der Waals surface area contributed by atoms with Crippen molar-refractivity contribution >= 4 is 5.97 Å². The summed E-state index contributed by atoms with van der Waals surface area (Å²) < 4.78 is 10.0. The van der Waals surface area contributed by atoms with Gasteiger partial charge in [-0.05, 0) is 24.3 Å². The van der Waals surface area contributed by atoms with Gasteiger partial charge in [0.1, 0.15) is 11.6 Å². The first-order chi connectivity index (χ1) is 11.2. The molecule has 5 nitrogen and oxygen atoms in total. The van der Waals surface area contributed by atoms with Crippen molar-refractivity contribution in [3.8, 4) is 28.4 Å². The average molecular weight is 308 g/mol. The molecule has 0 saturated carbocycles. The number of methoxy groups -OCH3 is 2. The molecule has 0 aliphatic carbocycles. The van der Waals surface area contributed by atoms with Crippen LogP contribution in [-0.2, 0) is 4.74 Å². The lowest BCUT2D eigenvalue weighted by atomic mass is 10.1. The summed E-state index contributed by atoms with van der Waals surface area (Å²) in [5.41, 5.74) is 2.62. The van der Waals surface area contributed by atoms with Crippen molar-refractivity contribution in [3.63, 3.8) is 0 Å². The first-order valence-corrected chi connectivity index (χ1v) is 7.11. The number of aromatic nitrogens is 2. The van der Waals surface area contributed by atoms with Crippen molar-refractivity contribution in [1.29, 1.82) is 0 Å². The fraction of sp³-hybridized carbons (Fsp3) is 0.111. The third kappa shape index (κ3) is 2.94. The van der Waals surface area contributed by atoms with Crippen LogP contribution in [0.2, 0.25) is 0 Å². The quantitative estimate of drug-likeness (QED) is 0.749. The molecule has 0 fully saturated rings. The predicted molar refractivity (Wildman–Crippen MR) is 87.4 cm³/mol.